The highest BCUT2D eigenvalue weighted by Gasteiger charge is 2.30. The highest BCUT2D eigenvalue weighted by atomic mass is 16.7. The SMILES string of the molecule is CCOC(=O)C1CCN=C1Cc1cccc2c1OCO2. The molecular weight excluding hydrogens is 258 g/mol. The molecule has 2 aliphatic heterocycles. The molecule has 1 unspecified atom stereocenters. The lowest BCUT2D eigenvalue weighted by Crippen LogP contribution is -2.24. The van der Waals surface area contributed by atoms with Crippen LogP contribution in [-0.4, -0.2) is 31.6 Å². The minimum absolute atomic E-state index is 0.173. The zero-order valence-corrected chi connectivity index (χ0v) is 11.4. The van der Waals surface area contributed by atoms with Gasteiger partial charge in [-0.15, -0.1) is 0 Å². The Hall–Kier alpha value is -2.04. The molecule has 0 spiro atoms. The number of carbonyl (C=O) groups excluding carboxylic acids is 1. The van der Waals surface area contributed by atoms with Crippen LogP contribution in [-0.2, 0) is 16.0 Å². The van der Waals surface area contributed by atoms with Crippen molar-refractivity contribution in [1.29, 1.82) is 0 Å². The van der Waals surface area contributed by atoms with Crippen LogP contribution >= 0.6 is 0 Å². The molecule has 0 bridgehead atoms. The standard InChI is InChI=1S/C15H17NO4/c1-2-18-15(17)11-6-7-16-12(11)8-10-4-3-5-13-14(10)20-9-19-13/h3-5,11H,2,6-9H2,1H3. The third-order valence-corrected chi connectivity index (χ3v) is 3.56. The zero-order valence-electron chi connectivity index (χ0n) is 11.4. The molecule has 1 aromatic rings. The maximum Gasteiger partial charge on any atom is 0.314 e. The number of nitrogens with zero attached hydrogens (tertiary/aromatic N) is 1. The second-order valence-corrected chi connectivity index (χ2v) is 4.79. The Balaban J connectivity index is 1.78. The molecule has 106 valence electrons. The summed E-state index contributed by atoms with van der Waals surface area (Å²) in [5.41, 5.74) is 1.89. The van der Waals surface area contributed by atoms with E-state index in [0.29, 0.717) is 19.6 Å². The Kier molecular flexibility index (Phi) is 3.58. The van der Waals surface area contributed by atoms with Gasteiger partial charge < -0.3 is 14.2 Å². The molecule has 2 aliphatic rings. The van der Waals surface area contributed by atoms with Crippen LogP contribution in [0.3, 0.4) is 0 Å². The summed E-state index contributed by atoms with van der Waals surface area (Å²) in [6.45, 7) is 3.16. The number of aliphatic imine (C=N–C) groups is 1. The van der Waals surface area contributed by atoms with E-state index in [1.807, 2.05) is 25.1 Å². The zero-order chi connectivity index (χ0) is 13.9. The summed E-state index contributed by atoms with van der Waals surface area (Å²) in [4.78, 5) is 16.4. The number of ether oxygens (including phenoxy) is 3. The van der Waals surface area contributed by atoms with Gasteiger partial charge in [0.25, 0.3) is 0 Å². The van der Waals surface area contributed by atoms with E-state index in [0.717, 1.165) is 29.2 Å². The fraction of sp³-hybridized carbons (Fsp3) is 0.467. The van der Waals surface area contributed by atoms with Crippen molar-refractivity contribution in [1.82, 2.24) is 0 Å². The third-order valence-electron chi connectivity index (χ3n) is 3.56. The van der Waals surface area contributed by atoms with E-state index in [-0.39, 0.29) is 18.7 Å². The maximum atomic E-state index is 11.9. The van der Waals surface area contributed by atoms with Crippen LogP contribution in [0.15, 0.2) is 23.2 Å². The molecule has 0 fully saturated rings. The number of carbonyl (C=O) groups is 1. The monoisotopic (exact) mass is 275 g/mol. The molecule has 0 amide bonds. The van der Waals surface area contributed by atoms with Gasteiger partial charge in [0, 0.05) is 24.2 Å². The molecule has 0 aliphatic carbocycles. The summed E-state index contributed by atoms with van der Waals surface area (Å²) in [5, 5.41) is 0. The van der Waals surface area contributed by atoms with Crippen molar-refractivity contribution in [2.24, 2.45) is 10.9 Å². The molecule has 0 saturated carbocycles. The van der Waals surface area contributed by atoms with Crippen LogP contribution in [0.1, 0.15) is 18.9 Å². The van der Waals surface area contributed by atoms with Gasteiger partial charge in [0.15, 0.2) is 11.5 Å². The number of hydrogen-bond donors (Lipinski definition) is 0. The Labute approximate surface area is 117 Å². The van der Waals surface area contributed by atoms with Gasteiger partial charge in [-0.3, -0.25) is 9.79 Å². The molecule has 2 heterocycles. The molecule has 1 aromatic carbocycles. The van der Waals surface area contributed by atoms with Gasteiger partial charge in [-0.2, -0.15) is 0 Å². The number of esters is 1. The van der Waals surface area contributed by atoms with Gasteiger partial charge in [-0.05, 0) is 19.4 Å². The highest BCUT2D eigenvalue weighted by Crippen LogP contribution is 2.36. The van der Waals surface area contributed by atoms with Crippen LogP contribution in [0.25, 0.3) is 0 Å². The molecule has 5 nitrogen and oxygen atoms in total. The first-order valence-electron chi connectivity index (χ1n) is 6.87. The average molecular weight is 275 g/mol. The van der Waals surface area contributed by atoms with E-state index in [1.54, 1.807) is 0 Å². The van der Waals surface area contributed by atoms with Gasteiger partial charge in [-0.25, -0.2) is 0 Å². The van der Waals surface area contributed by atoms with Gasteiger partial charge in [0.05, 0.1) is 12.5 Å². The van der Waals surface area contributed by atoms with Crippen molar-refractivity contribution >= 4 is 11.7 Å². The Morgan fingerprint density at radius 3 is 3.20 bits per heavy atom. The van der Waals surface area contributed by atoms with E-state index < -0.39 is 0 Å². The summed E-state index contributed by atoms with van der Waals surface area (Å²) < 4.78 is 16.0. The second kappa shape index (κ2) is 5.53. The van der Waals surface area contributed by atoms with E-state index in [2.05, 4.69) is 4.99 Å². The summed E-state index contributed by atoms with van der Waals surface area (Å²) >= 11 is 0. The van der Waals surface area contributed by atoms with Crippen molar-refractivity contribution in [2.75, 3.05) is 19.9 Å². The van der Waals surface area contributed by atoms with Gasteiger partial charge >= 0.3 is 5.97 Å². The minimum atomic E-state index is -0.215. The summed E-state index contributed by atoms with van der Waals surface area (Å²) in [6.07, 6.45) is 1.34. The smallest absolute Gasteiger partial charge is 0.314 e. The lowest BCUT2D eigenvalue weighted by atomic mass is 9.96. The van der Waals surface area contributed by atoms with Gasteiger partial charge in [-0.1, -0.05) is 12.1 Å². The van der Waals surface area contributed by atoms with Crippen molar-refractivity contribution in [2.45, 2.75) is 19.8 Å². The van der Waals surface area contributed by atoms with E-state index in [9.17, 15) is 4.79 Å². The maximum absolute atomic E-state index is 11.9. The summed E-state index contributed by atoms with van der Waals surface area (Å²) in [5.74, 6) is 1.14. The fourth-order valence-electron chi connectivity index (χ4n) is 2.61. The van der Waals surface area contributed by atoms with Crippen LogP contribution in [0.5, 0.6) is 11.5 Å². The lowest BCUT2D eigenvalue weighted by molar-refractivity contribution is -0.145. The Morgan fingerprint density at radius 1 is 1.45 bits per heavy atom. The van der Waals surface area contributed by atoms with Crippen LogP contribution in [0.2, 0.25) is 0 Å². The number of fused-ring (bicyclic) bond motifs is 1. The van der Waals surface area contributed by atoms with Gasteiger partial charge in [0.1, 0.15) is 0 Å². The highest BCUT2D eigenvalue weighted by molar-refractivity contribution is 6.04. The van der Waals surface area contributed by atoms with Gasteiger partial charge in [0.2, 0.25) is 6.79 Å². The predicted molar refractivity (Wildman–Crippen MR) is 73.3 cm³/mol. The topological polar surface area (TPSA) is 57.1 Å². The van der Waals surface area contributed by atoms with Crippen LogP contribution in [0.4, 0.5) is 0 Å². The summed E-state index contributed by atoms with van der Waals surface area (Å²) in [7, 11) is 0. The van der Waals surface area contributed by atoms with Crippen LogP contribution in [0, 0.1) is 5.92 Å². The molecular formula is C15H17NO4. The minimum Gasteiger partial charge on any atom is -0.465 e. The quantitative estimate of drug-likeness (QED) is 0.788. The number of para-hydroxylation sites is 1. The second-order valence-electron chi connectivity index (χ2n) is 4.79. The molecule has 5 heteroatoms. The first-order valence-corrected chi connectivity index (χ1v) is 6.87. The first kappa shape index (κ1) is 13.0. The number of benzene rings is 1. The number of rotatable bonds is 4. The van der Waals surface area contributed by atoms with E-state index >= 15 is 0 Å². The molecule has 0 aromatic heterocycles. The lowest BCUT2D eigenvalue weighted by Gasteiger charge is -2.12. The molecule has 0 N–H and O–H groups in total. The average Bonchev–Trinajstić information content (AvgIpc) is 3.07. The van der Waals surface area contributed by atoms with E-state index in [1.165, 1.54) is 0 Å². The van der Waals surface area contributed by atoms with Crippen molar-refractivity contribution in [3.63, 3.8) is 0 Å². The predicted octanol–water partition coefficient (Wildman–Crippen LogP) is 1.98. The van der Waals surface area contributed by atoms with Crippen molar-refractivity contribution < 1.29 is 19.0 Å². The molecule has 3 rings (SSSR count). The third kappa shape index (κ3) is 2.35. The molecule has 0 radical (unpaired) electrons. The van der Waals surface area contributed by atoms with E-state index in [4.69, 9.17) is 14.2 Å². The number of hydrogen-bond acceptors (Lipinski definition) is 5. The molecule has 0 saturated heterocycles. The van der Waals surface area contributed by atoms with Crippen LogP contribution < -0.4 is 9.47 Å². The Bertz CT molecular complexity index is 553. The molecule has 20 heavy (non-hydrogen) atoms. The van der Waals surface area contributed by atoms with Crippen molar-refractivity contribution in [3.05, 3.63) is 23.8 Å². The summed E-state index contributed by atoms with van der Waals surface area (Å²) in [6, 6.07) is 5.79. The van der Waals surface area contributed by atoms with Crippen molar-refractivity contribution in [3.8, 4) is 11.5 Å². The normalized spacial score (nSPS) is 19.9. The Morgan fingerprint density at radius 2 is 2.35 bits per heavy atom. The largest absolute Gasteiger partial charge is 0.465 e. The molecule has 1 atom stereocenters. The first-order chi connectivity index (χ1) is 9.79. The fourth-order valence-corrected chi connectivity index (χ4v) is 2.61.